The van der Waals surface area contributed by atoms with Gasteiger partial charge in [-0.1, -0.05) is 24.3 Å². The number of carbonyl (C=O) groups is 2. The number of anilines is 2. The standard InChI is InChI=1S/C34H38N6O4/c1-34(2,3)44-33(42)39-29(18-24-21-36-27-10-6-5-9-25(24)27)30(19-35)38-28-13-11-22(17-26(28)32(41)43-4)23-12-14-31(37-20-23)40-15-7-8-16-40/h5-6,9-14,17,20-21,29-30,36,38H,7-8,15-16,18H2,1-4H3,(H,39,42). The number of H-pyrrole nitrogens is 1. The summed E-state index contributed by atoms with van der Waals surface area (Å²) in [5.74, 6) is 0.384. The van der Waals surface area contributed by atoms with Gasteiger partial charge in [-0.3, -0.25) is 0 Å². The number of rotatable bonds is 9. The normalized spacial score (nSPS) is 14.5. The van der Waals surface area contributed by atoms with Crippen molar-refractivity contribution in [2.75, 3.05) is 30.4 Å². The third-order valence-corrected chi connectivity index (χ3v) is 7.61. The second-order valence-corrected chi connectivity index (χ2v) is 11.9. The summed E-state index contributed by atoms with van der Waals surface area (Å²) in [5, 5.41) is 17.4. The summed E-state index contributed by atoms with van der Waals surface area (Å²) in [7, 11) is 1.32. The molecule has 4 aromatic rings. The minimum absolute atomic E-state index is 0.261. The van der Waals surface area contributed by atoms with Gasteiger partial charge in [-0.15, -0.1) is 0 Å². The summed E-state index contributed by atoms with van der Waals surface area (Å²) >= 11 is 0. The van der Waals surface area contributed by atoms with Crippen molar-refractivity contribution >= 4 is 34.5 Å². The van der Waals surface area contributed by atoms with Gasteiger partial charge in [0.2, 0.25) is 0 Å². The zero-order chi connectivity index (χ0) is 31.3. The number of esters is 1. The molecule has 0 saturated carbocycles. The topological polar surface area (TPSA) is 132 Å². The fourth-order valence-electron chi connectivity index (χ4n) is 5.46. The summed E-state index contributed by atoms with van der Waals surface area (Å²) in [5.41, 5.74) is 3.46. The fourth-order valence-corrected chi connectivity index (χ4v) is 5.46. The van der Waals surface area contributed by atoms with E-state index in [1.54, 1.807) is 39.1 Å². The average molecular weight is 595 g/mol. The number of nitriles is 1. The Labute approximate surface area is 257 Å². The molecule has 0 radical (unpaired) electrons. The van der Waals surface area contributed by atoms with Gasteiger partial charge in [-0.05, 0) is 81.5 Å². The number of pyridine rings is 1. The Balaban J connectivity index is 1.43. The van der Waals surface area contributed by atoms with Gasteiger partial charge < -0.3 is 30.0 Å². The maximum Gasteiger partial charge on any atom is 0.407 e. The van der Waals surface area contributed by atoms with E-state index in [4.69, 9.17) is 9.47 Å². The lowest BCUT2D eigenvalue weighted by Crippen LogP contribution is -2.49. The van der Waals surface area contributed by atoms with Crippen LogP contribution in [0, 0.1) is 11.3 Å². The molecule has 1 aliphatic heterocycles. The lowest BCUT2D eigenvalue weighted by Gasteiger charge is -2.27. The Morgan fingerprint density at radius 1 is 1.09 bits per heavy atom. The predicted molar refractivity (Wildman–Crippen MR) is 171 cm³/mol. The van der Waals surface area contributed by atoms with E-state index in [1.165, 1.54) is 20.0 Å². The van der Waals surface area contributed by atoms with E-state index in [2.05, 4.69) is 31.6 Å². The molecule has 2 aromatic heterocycles. The molecule has 1 fully saturated rings. The van der Waals surface area contributed by atoms with Gasteiger partial charge in [0.05, 0.1) is 24.8 Å². The van der Waals surface area contributed by atoms with Crippen molar-refractivity contribution in [1.29, 1.82) is 5.26 Å². The number of benzene rings is 2. The molecular weight excluding hydrogens is 556 g/mol. The maximum absolute atomic E-state index is 13.0. The van der Waals surface area contributed by atoms with Crippen molar-refractivity contribution < 1.29 is 19.1 Å². The number of ether oxygens (including phenoxy) is 2. The van der Waals surface area contributed by atoms with E-state index >= 15 is 0 Å². The minimum Gasteiger partial charge on any atom is -0.465 e. The number of fused-ring (bicyclic) bond motifs is 1. The second-order valence-electron chi connectivity index (χ2n) is 11.9. The van der Waals surface area contributed by atoms with E-state index < -0.39 is 29.7 Å². The molecule has 1 amide bonds. The van der Waals surface area contributed by atoms with Gasteiger partial charge in [-0.2, -0.15) is 5.26 Å². The van der Waals surface area contributed by atoms with Crippen LogP contribution in [0.15, 0.2) is 67.0 Å². The first-order chi connectivity index (χ1) is 21.1. The summed E-state index contributed by atoms with van der Waals surface area (Å²) in [6, 6.07) is 17.8. The first kappa shape index (κ1) is 30.4. The molecular formula is C34H38N6O4. The molecule has 5 rings (SSSR count). The van der Waals surface area contributed by atoms with Crippen molar-refractivity contribution in [3.8, 4) is 17.2 Å². The third-order valence-electron chi connectivity index (χ3n) is 7.61. The number of amides is 1. The SMILES string of the molecule is COC(=O)c1cc(-c2ccc(N3CCCC3)nc2)ccc1NC(C#N)C(Cc1c[nH]c2ccccc12)NC(=O)OC(C)(C)C. The van der Waals surface area contributed by atoms with Gasteiger partial charge in [0.25, 0.3) is 0 Å². The highest BCUT2D eigenvalue weighted by Crippen LogP contribution is 2.29. The van der Waals surface area contributed by atoms with Crippen LogP contribution in [0.2, 0.25) is 0 Å². The average Bonchev–Trinajstić information content (AvgIpc) is 3.69. The molecule has 1 saturated heterocycles. The number of alkyl carbamates (subject to hydrolysis) is 1. The van der Waals surface area contributed by atoms with Crippen molar-refractivity contribution in [1.82, 2.24) is 15.3 Å². The number of aromatic amines is 1. The molecule has 10 heteroatoms. The van der Waals surface area contributed by atoms with Crippen LogP contribution in [-0.4, -0.2) is 59.9 Å². The monoisotopic (exact) mass is 594 g/mol. The molecule has 10 nitrogen and oxygen atoms in total. The number of hydrogen-bond acceptors (Lipinski definition) is 8. The minimum atomic E-state index is -0.924. The second kappa shape index (κ2) is 13.1. The van der Waals surface area contributed by atoms with Crippen LogP contribution in [-0.2, 0) is 15.9 Å². The Kier molecular flexibility index (Phi) is 9.04. The highest BCUT2D eigenvalue weighted by atomic mass is 16.6. The van der Waals surface area contributed by atoms with E-state index in [0.29, 0.717) is 12.1 Å². The molecule has 44 heavy (non-hydrogen) atoms. The Bertz CT molecular complexity index is 1660. The smallest absolute Gasteiger partial charge is 0.407 e. The number of para-hydroxylation sites is 1. The Morgan fingerprint density at radius 3 is 2.52 bits per heavy atom. The van der Waals surface area contributed by atoms with Gasteiger partial charge in [0.15, 0.2) is 0 Å². The number of nitrogens with zero attached hydrogens (tertiary/aromatic N) is 3. The lowest BCUT2D eigenvalue weighted by atomic mass is 9.98. The Morgan fingerprint density at radius 2 is 1.84 bits per heavy atom. The highest BCUT2D eigenvalue weighted by molar-refractivity contribution is 5.97. The van der Waals surface area contributed by atoms with Crippen LogP contribution in [0.25, 0.3) is 22.0 Å². The molecule has 0 bridgehead atoms. The van der Waals surface area contributed by atoms with Crippen LogP contribution >= 0.6 is 0 Å². The largest absolute Gasteiger partial charge is 0.465 e. The number of nitrogens with one attached hydrogen (secondary N) is 3. The molecule has 228 valence electrons. The van der Waals surface area contributed by atoms with E-state index in [-0.39, 0.29) is 5.56 Å². The van der Waals surface area contributed by atoms with Gasteiger partial charge in [0, 0.05) is 47.6 Å². The van der Waals surface area contributed by atoms with Crippen LogP contribution in [0.5, 0.6) is 0 Å². The van der Waals surface area contributed by atoms with E-state index in [0.717, 1.165) is 46.5 Å². The van der Waals surface area contributed by atoms with E-state index in [9.17, 15) is 14.9 Å². The zero-order valence-corrected chi connectivity index (χ0v) is 25.5. The number of aromatic nitrogens is 2. The summed E-state index contributed by atoms with van der Waals surface area (Å²) in [4.78, 5) is 36.0. The van der Waals surface area contributed by atoms with Crippen molar-refractivity contribution in [3.05, 3.63) is 78.1 Å². The number of methoxy groups -OCH3 is 1. The summed E-state index contributed by atoms with van der Waals surface area (Å²) in [6.07, 6.45) is 5.70. The van der Waals surface area contributed by atoms with Crippen molar-refractivity contribution in [2.24, 2.45) is 0 Å². The molecule has 3 heterocycles. The lowest BCUT2D eigenvalue weighted by molar-refractivity contribution is 0.0501. The molecule has 0 aliphatic carbocycles. The summed E-state index contributed by atoms with van der Waals surface area (Å²) in [6.45, 7) is 7.34. The molecule has 3 N–H and O–H groups in total. The van der Waals surface area contributed by atoms with Crippen LogP contribution in [0.3, 0.4) is 0 Å². The van der Waals surface area contributed by atoms with Crippen LogP contribution < -0.4 is 15.5 Å². The van der Waals surface area contributed by atoms with Gasteiger partial charge in [0.1, 0.15) is 17.5 Å². The highest BCUT2D eigenvalue weighted by Gasteiger charge is 2.29. The van der Waals surface area contributed by atoms with Crippen LogP contribution in [0.1, 0.15) is 49.5 Å². The van der Waals surface area contributed by atoms with Gasteiger partial charge in [-0.25, -0.2) is 14.6 Å². The molecule has 1 aliphatic rings. The maximum atomic E-state index is 13.0. The van der Waals surface area contributed by atoms with E-state index in [1.807, 2.05) is 48.7 Å². The zero-order valence-electron chi connectivity index (χ0n) is 25.5. The fraction of sp³-hybridized carbons (Fsp3) is 0.353. The molecule has 2 atom stereocenters. The number of hydrogen-bond donors (Lipinski definition) is 3. The first-order valence-corrected chi connectivity index (χ1v) is 14.8. The molecule has 0 spiro atoms. The van der Waals surface area contributed by atoms with Crippen molar-refractivity contribution in [3.63, 3.8) is 0 Å². The molecule has 2 aromatic carbocycles. The van der Waals surface area contributed by atoms with Crippen LogP contribution in [0.4, 0.5) is 16.3 Å². The first-order valence-electron chi connectivity index (χ1n) is 14.8. The summed E-state index contributed by atoms with van der Waals surface area (Å²) < 4.78 is 10.6. The third kappa shape index (κ3) is 7.11. The number of carbonyl (C=O) groups excluding carboxylic acids is 2. The predicted octanol–water partition coefficient (Wildman–Crippen LogP) is 6.06. The molecule has 2 unspecified atom stereocenters. The quantitative estimate of drug-likeness (QED) is 0.199. The van der Waals surface area contributed by atoms with Gasteiger partial charge >= 0.3 is 12.1 Å². The van der Waals surface area contributed by atoms with Crippen molar-refractivity contribution in [2.45, 2.75) is 57.7 Å². The Hall–Kier alpha value is -5.04.